The molecular weight excluding hydrogens is 346 g/mol. The maximum absolute atomic E-state index is 5.20. The van der Waals surface area contributed by atoms with Gasteiger partial charge >= 0.3 is 0 Å². The Bertz CT molecular complexity index is 765. The summed E-state index contributed by atoms with van der Waals surface area (Å²) in [6.07, 6.45) is 0. The van der Waals surface area contributed by atoms with Gasteiger partial charge in [-0.15, -0.1) is 11.3 Å². The lowest BCUT2D eigenvalue weighted by atomic mass is 10.1. The minimum atomic E-state index is 0.859. The van der Waals surface area contributed by atoms with E-state index in [4.69, 9.17) is 9.72 Å². The van der Waals surface area contributed by atoms with E-state index in [-0.39, 0.29) is 0 Å². The molecule has 0 spiro atoms. The molecule has 3 aromatic rings. The van der Waals surface area contributed by atoms with Gasteiger partial charge in [0.1, 0.15) is 10.8 Å². The maximum atomic E-state index is 5.20. The second-order valence-corrected chi connectivity index (χ2v) is 6.69. The van der Waals surface area contributed by atoms with Gasteiger partial charge in [-0.25, -0.2) is 4.98 Å². The first-order valence-corrected chi connectivity index (χ1v) is 8.17. The summed E-state index contributed by atoms with van der Waals surface area (Å²) >= 11 is 5.31. The van der Waals surface area contributed by atoms with Gasteiger partial charge in [-0.1, -0.05) is 34.1 Å². The fourth-order valence-corrected chi connectivity index (χ4v) is 3.74. The molecule has 106 valence electrons. The SMILES string of the molecule is COc1ccc(-c2nc(-c3ccccc3Br)sc2C)cc1. The van der Waals surface area contributed by atoms with Crippen LogP contribution in [-0.4, -0.2) is 12.1 Å². The first-order valence-electron chi connectivity index (χ1n) is 6.56. The van der Waals surface area contributed by atoms with Crippen LogP contribution in [0.5, 0.6) is 5.75 Å². The summed E-state index contributed by atoms with van der Waals surface area (Å²) in [4.78, 5) is 6.03. The lowest BCUT2D eigenvalue weighted by Gasteiger charge is -2.02. The number of thiazole rings is 1. The van der Waals surface area contributed by atoms with Crippen LogP contribution in [0.1, 0.15) is 4.88 Å². The maximum Gasteiger partial charge on any atom is 0.125 e. The van der Waals surface area contributed by atoms with E-state index < -0.39 is 0 Å². The molecule has 1 aromatic heterocycles. The van der Waals surface area contributed by atoms with Gasteiger partial charge in [-0.2, -0.15) is 0 Å². The van der Waals surface area contributed by atoms with Gasteiger partial charge < -0.3 is 4.74 Å². The standard InChI is InChI=1S/C17H14BrNOS/c1-11-16(12-7-9-13(20-2)10-8-12)19-17(21-11)14-5-3-4-6-15(14)18/h3-10H,1-2H3. The third-order valence-corrected chi connectivity index (χ3v) is 4.96. The van der Waals surface area contributed by atoms with Gasteiger partial charge in [0.15, 0.2) is 0 Å². The molecule has 0 atom stereocenters. The molecule has 4 heteroatoms. The predicted octanol–water partition coefficient (Wildman–Crippen LogP) is 5.56. The molecule has 1 heterocycles. The van der Waals surface area contributed by atoms with E-state index in [2.05, 4.69) is 28.9 Å². The molecule has 0 aliphatic rings. The molecule has 3 rings (SSSR count). The van der Waals surface area contributed by atoms with Crippen molar-refractivity contribution in [2.24, 2.45) is 0 Å². The summed E-state index contributed by atoms with van der Waals surface area (Å²) in [5, 5.41) is 1.03. The van der Waals surface area contributed by atoms with Crippen LogP contribution in [0.2, 0.25) is 0 Å². The van der Waals surface area contributed by atoms with Gasteiger partial charge in [0.25, 0.3) is 0 Å². The third-order valence-electron chi connectivity index (χ3n) is 3.26. The summed E-state index contributed by atoms with van der Waals surface area (Å²) in [5.74, 6) is 0.859. The quantitative estimate of drug-likeness (QED) is 0.610. The Morgan fingerprint density at radius 1 is 1.05 bits per heavy atom. The van der Waals surface area contributed by atoms with E-state index >= 15 is 0 Å². The molecule has 2 aromatic carbocycles. The topological polar surface area (TPSA) is 22.1 Å². The molecule has 0 amide bonds. The number of hydrogen-bond donors (Lipinski definition) is 0. The zero-order valence-corrected chi connectivity index (χ0v) is 14.2. The minimum absolute atomic E-state index is 0.859. The Morgan fingerprint density at radius 3 is 2.43 bits per heavy atom. The zero-order valence-electron chi connectivity index (χ0n) is 11.8. The van der Waals surface area contributed by atoms with Gasteiger partial charge in [-0.05, 0) is 37.3 Å². The van der Waals surface area contributed by atoms with E-state index in [0.29, 0.717) is 0 Å². The van der Waals surface area contributed by atoms with Crippen molar-refractivity contribution in [3.63, 3.8) is 0 Å². The predicted molar refractivity (Wildman–Crippen MR) is 92.0 cm³/mol. The monoisotopic (exact) mass is 359 g/mol. The largest absolute Gasteiger partial charge is 0.497 e. The van der Waals surface area contributed by atoms with Crippen LogP contribution >= 0.6 is 27.3 Å². The van der Waals surface area contributed by atoms with Gasteiger partial charge in [0.05, 0.1) is 12.8 Å². The fraction of sp³-hybridized carbons (Fsp3) is 0.118. The number of aromatic nitrogens is 1. The molecule has 0 radical (unpaired) electrons. The molecule has 0 aliphatic heterocycles. The molecule has 0 bridgehead atoms. The molecule has 2 nitrogen and oxygen atoms in total. The number of methoxy groups -OCH3 is 1. The second-order valence-electron chi connectivity index (χ2n) is 4.63. The highest BCUT2D eigenvalue weighted by Crippen LogP contribution is 2.36. The summed E-state index contributed by atoms with van der Waals surface area (Å²) in [5.41, 5.74) is 3.28. The molecule has 0 fully saturated rings. The number of aryl methyl sites for hydroxylation is 1. The van der Waals surface area contributed by atoms with Crippen molar-refractivity contribution < 1.29 is 4.74 Å². The van der Waals surface area contributed by atoms with Crippen molar-refractivity contribution in [3.05, 3.63) is 57.9 Å². The van der Waals surface area contributed by atoms with E-state index in [1.54, 1.807) is 18.4 Å². The molecule has 0 aliphatic carbocycles. The van der Waals surface area contributed by atoms with Crippen molar-refractivity contribution in [2.75, 3.05) is 7.11 Å². The van der Waals surface area contributed by atoms with E-state index in [0.717, 1.165) is 32.1 Å². The molecular formula is C17H14BrNOS. The average molecular weight is 360 g/mol. The molecule has 0 saturated heterocycles. The number of benzene rings is 2. The molecule has 0 unspecified atom stereocenters. The van der Waals surface area contributed by atoms with Crippen LogP contribution in [0, 0.1) is 6.92 Å². The van der Waals surface area contributed by atoms with Gasteiger partial charge in [-0.3, -0.25) is 0 Å². The first kappa shape index (κ1) is 14.3. The van der Waals surface area contributed by atoms with Gasteiger partial charge in [0, 0.05) is 20.5 Å². The normalized spacial score (nSPS) is 10.6. The van der Waals surface area contributed by atoms with Crippen LogP contribution in [0.4, 0.5) is 0 Å². The molecule has 21 heavy (non-hydrogen) atoms. The Labute approximate surface area is 136 Å². The van der Waals surface area contributed by atoms with Crippen LogP contribution in [0.15, 0.2) is 53.0 Å². The van der Waals surface area contributed by atoms with Crippen molar-refractivity contribution in [1.29, 1.82) is 0 Å². The Kier molecular flexibility index (Phi) is 4.08. The average Bonchev–Trinajstić information content (AvgIpc) is 2.89. The number of hydrogen-bond acceptors (Lipinski definition) is 3. The van der Waals surface area contributed by atoms with Crippen molar-refractivity contribution in [1.82, 2.24) is 4.98 Å². The van der Waals surface area contributed by atoms with Gasteiger partial charge in [0.2, 0.25) is 0 Å². The van der Waals surface area contributed by atoms with Crippen LogP contribution in [0.25, 0.3) is 21.8 Å². The molecule has 0 N–H and O–H groups in total. The smallest absolute Gasteiger partial charge is 0.125 e. The number of ether oxygens (including phenoxy) is 1. The Balaban J connectivity index is 2.03. The Morgan fingerprint density at radius 2 is 1.76 bits per heavy atom. The lowest BCUT2D eigenvalue weighted by molar-refractivity contribution is 0.415. The van der Waals surface area contributed by atoms with Crippen LogP contribution in [-0.2, 0) is 0 Å². The van der Waals surface area contributed by atoms with Crippen molar-refractivity contribution in [3.8, 4) is 27.6 Å². The van der Waals surface area contributed by atoms with Crippen molar-refractivity contribution in [2.45, 2.75) is 6.92 Å². The van der Waals surface area contributed by atoms with E-state index in [1.807, 2.05) is 42.5 Å². The highest BCUT2D eigenvalue weighted by atomic mass is 79.9. The number of rotatable bonds is 3. The lowest BCUT2D eigenvalue weighted by Crippen LogP contribution is -1.84. The van der Waals surface area contributed by atoms with Crippen LogP contribution < -0.4 is 4.74 Å². The number of halogens is 1. The van der Waals surface area contributed by atoms with Crippen LogP contribution in [0.3, 0.4) is 0 Å². The second kappa shape index (κ2) is 6.00. The highest BCUT2D eigenvalue weighted by Gasteiger charge is 2.13. The molecule has 0 saturated carbocycles. The third kappa shape index (κ3) is 2.87. The first-order chi connectivity index (χ1) is 10.2. The Hall–Kier alpha value is -1.65. The summed E-state index contributed by atoms with van der Waals surface area (Å²) in [6, 6.07) is 16.2. The minimum Gasteiger partial charge on any atom is -0.497 e. The van der Waals surface area contributed by atoms with E-state index in [9.17, 15) is 0 Å². The summed E-state index contributed by atoms with van der Waals surface area (Å²) < 4.78 is 6.27. The summed E-state index contributed by atoms with van der Waals surface area (Å²) in [6.45, 7) is 2.11. The zero-order chi connectivity index (χ0) is 14.8. The van der Waals surface area contributed by atoms with Crippen molar-refractivity contribution >= 4 is 27.3 Å². The van der Waals surface area contributed by atoms with E-state index in [1.165, 1.54) is 4.88 Å². The summed E-state index contributed by atoms with van der Waals surface area (Å²) in [7, 11) is 1.67. The highest BCUT2D eigenvalue weighted by molar-refractivity contribution is 9.10. The fourth-order valence-electron chi connectivity index (χ4n) is 2.16. The number of nitrogens with zero attached hydrogens (tertiary/aromatic N) is 1.